The summed E-state index contributed by atoms with van der Waals surface area (Å²) in [4.78, 5) is 26.7. The van der Waals surface area contributed by atoms with Gasteiger partial charge in [0.15, 0.2) is 0 Å². The fourth-order valence-corrected chi connectivity index (χ4v) is 3.37. The Labute approximate surface area is 147 Å². The Morgan fingerprint density at radius 3 is 2.44 bits per heavy atom. The van der Waals surface area contributed by atoms with E-state index in [2.05, 4.69) is 12.0 Å². The van der Waals surface area contributed by atoms with Crippen LogP contribution in [0, 0.1) is 12.3 Å². The lowest BCUT2D eigenvalue weighted by atomic mass is 9.77. The normalized spacial score (nSPS) is 16.8. The van der Waals surface area contributed by atoms with Crippen molar-refractivity contribution < 1.29 is 9.90 Å². The van der Waals surface area contributed by atoms with Gasteiger partial charge in [-0.2, -0.15) is 0 Å². The molecule has 0 aliphatic carbocycles. The molecular weight excluding hydrogens is 318 g/mol. The zero-order valence-corrected chi connectivity index (χ0v) is 14.8. The molecule has 2 heterocycles. The molecule has 134 valence electrons. The zero-order valence-electron chi connectivity index (χ0n) is 14.8. The van der Waals surface area contributed by atoms with Gasteiger partial charge >= 0.3 is 0 Å². The number of aliphatic hydroxyl groups excluding tert-OH is 1. The molecule has 1 fully saturated rings. The van der Waals surface area contributed by atoms with Crippen LogP contribution in [-0.2, 0) is 0 Å². The van der Waals surface area contributed by atoms with Crippen LogP contribution in [0.2, 0.25) is 0 Å². The smallest absolute Gasteiger partial charge is 0.271 e. The van der Waals surface area contributed by atoms with Crippen LogP contribution in [0.15, 0.2) is 35.1 Å². The number of benzene rings is 1. The number of aliphatic hydroxyl groups is 1. The van der Waals surface area contributed by atoms with Gasteiger partial charge in [0.25, 0.3) is 11.5 Å². The molecule has 1 saturated heterocycles. The summed E-state index contributed by atoms with van der Waals surface area (Å²) >= 11 is 0. The lowest BCUT2D eigenvalue weighted by molar-refractivity contribution is 0.0334. The highest BCUT2D eigenvalue weighted by Crippen LogP contribution is 2.34. The average Bonchev–Trinajstić information content (AvgIpc) is 3.03. The van der Waals surface area contributed by atoms with Gasteiger partial charge in [-0.15, -0.1) is 0 Å². The van der Waals surface area contributed by atoms with Crippen LogP contribution in [0.3, 0.4) is 0 Å². The molecule has 1 aromatic heterocycles. The molecule has 0 bridgehead atoms. The van der Waals surface area contributed by atoms with Gasteiger partial charge in [0, 0.05) is 25.8 Å². The third-order valence-corrected chi connectivity index (χ3v) is 5.44. The number of aromatic nitrogens is 2. The van der Waals surface area contributed by atoms with Gasteiger partial charge in [0.1, 0.15) is 5.69 Å². The summed E-state index contributed by atoms with van der Waals surface area (Å²) in [5.41, 5.74) is 1.80. The number of nitrogens with one attached hydrogen (secondary N) is 1. The van der Waals surface area contributed by atoms with Gasteiger partial charge in [-0.3, -0.25) is 14.7 Å². The number of amides is 1. The predicted molar refractivity (Wildman–Crippen MR) is 96.1 cm³/mol. The second-order valence-electron chi connectivity index (χ2n) is 6.98. The molecule has 0 radical (unpaired) electrons. The average molecular weight is 343 g/mol. The first-order chi connectivity index (χ1) is 12.0. The quantitative estimate of drug-likeness (QED) is 0.892. The number of H-pyrrole nitrogens is 1. The van der Waals surface area contributed by atoms with Crippen LogP contribution < -0.4 is 5.56 Å². The van der Waals surface area contributed by atoms with E-state index in [1.807, 2.05) is 31.2 Å². The Morgan fingerprint density at radius 2 is 1.88 bits per heavy atom. The SMILES string of the molecule is CCC1(CO)CCN(C(=O)c2cc(=O)n(-c3ccc(C)cc3)[nH]2)CC1. The van der Waals surface area contributed by atoms with Gasteiger partial charge in [0.2, 0.25) is 0 Å². The number of rotatable bonds is 4. The number of nitrogens with zero attached hydrogens (tertiary/aromatic N) is 2. The monoisotopic (exact) mass is 343 g/mol. The van der Waals surface area contributed by atoms with Crippen molar-refractivity contribution in [3.63, 3.8) is 0 Å². The summed E-state index contributed by atoms with van der Waals surface area (Å²) < 4.78 is 1.39. The number of aromatic amines is 1. The first-order valence-electron chi connectivity index (χ1n) is 8.77. The Balaban J connectivity index is 1.77. The third kappa shape index (κ3) is 3.39. The van der Waals surface area contributed by atoms with Crippen molar-refractivity contribution in [2.75, 3.05) is 19.7 Å². The maximum atomic E-state index is 12.7. The number of carbonyl (C=O) groups is 1. The number of carbonyl (C=O) groups excluding carboxylic acids is 1. The molecule has 0 spiro atoms. The van der Waals surface area contributed by atoms with Gasteiger partial charge in [0.05, 0.1) is 5.69 Å². The largest absolute Gasteiger partial charge is 0.396 e. The molecule has 0 atom stereocenters. The summed E-state index contributed by atoms with van der Waals surface area (Å²) in [5, 5.41) is 12.5. The Bertz CT molecular complexity index is 790. The van der Waals surface area contributed by atoms with Crippen LogP contribution in [-0.4, -0.2) is 45.4 Å². The summed E-state index contributed by atoms with van der Waals surface area (Å²) in [6.45, 7) is 5.42. The van der Waals surface area contributed by atoms with Crippen LogP contribution in [0.1, 0.15) is 42.2 Å². The molecule has 6 nitrogen and oxygen atoms in total. The molecule has 25 heavy (non-hydrogen) atoms. The van der Waals surface area contributed by atoms with E-state index < -0.39 is 0 Å². The topological polar surface area (TPSA) is 78.3 Å². The molecule has 2 aromatic rings. The van der Waals surface area contributed by atoms with Crippen LogP contribution >= 0.6 is 0 Å². The number of piperidine rings is 1. The van der Waals surface area contributed by atoms with E-state index in [0.29, 0.717) is 24.5 Å². The molecular formula is C19H25N3O3. The van der Waals surface area contributed by atoms with E-state index in [1.165, 1.54) is 10.7 Å². The van der Waals surface area contributed by atoms with E-state index in [4.69, 9.17) is 0 Å². The van der Waals surface area contributed by atoms with Gasteiger partial charge in [-0.1, -0.05) is 24.6 Å². The van der Waals surface area contributed by atoms with E-state index in [9.17, 15) is 14.7 Å². The van der Waals surface area contributed by atoms with Crippen LogP contribution in [0.25, 0.3) is 5.69 Å². The van der Waals surface area contributed by atoms with Crippen molar-refractivity contribution in [3.05, 3.63) is 51.9 Å². The first-order valence-corrected chi connectivity index (χ1v) is 8.77. The van der Waals surface area contributed by atoms with E-state index >= 15 is 0 Å². The number of likely N-dealkylation sites (tertiary alicyclic amines) is 1. The van der Waals surface area contributed by atoms with E-state index in [0.717, 1.165) is 24.8 Å². The molecule has 1 aliphatic heterocycles. The number of aryl methyl sites for hydroxylation is 1. The minimum absolute atomic E-state index is 0.0714. The van der Waals surface area contributed by atoms with Crippen molar-refractivity contribution in [1.29, 1.82) is 0 Å². The summed E-state index contributed by atoms with van der Waals surface area (Å²) in [5.74, 6) is -0.161. The Kier molecular flexibility index (Phi) is 4.81. The highest BCUT2D eigenvalue weighted by atomic mass is 16.3. The van der Waals surface area contributed by atoms with Crippen LogP contribution in [0.4, 0.5) is 0 Å². The van der Waals surface area contributed by atoms with E-state index in [1.54, 1.807) is 4.90 Å². The number of hydrogen-bond donors (Lipinski definition) is 2. The minimum Gasteiger partial charge on any atom is -0.396 e. The van der Waals surface area contributed by atoms with Crippen LogP contribution in [0.5, 0.6) is 0 Å². The molecule has 6 heteroatoms. The molecule has 0 saturated carbocycles. The zero-order chi connectivity index (χ0) is 18.0. The standard InChI is InChI=1S/C19H25N3O3/c1-3-19(13-23)8-10-21(11-9-19)18(25)16-12-17(24)22(20-16)15-6-4-14(2)5-7-15/h4-7,12,20,23H,3,8-11,13H2,1-2H3. The molecule has 0 unspecified atom stereocenters. The van der Waals surface area contributed by atoms with Crippen molar-refractivity contribution in [2.45, 2.75) is 33.1 Å². The molecule has 1 aromatic carbocycles. The third-order valence-electron chi connectivity index (χ3n) is 5.44. The fourth-order valence-electron chi connectivity index (χ4n) is 3.37. The summed E-state index contributed by atoms with van der Waals surface area (Å²) in [6, 6.07) is 8.90. The maximum Gasteiger partial charge on any atom is 0.271 e. The Hall–Kier alpha value is -2.34. The maximum absolute atomic E-state index is 12.7. The molecule has 1 amide bonds. The second-order valence-corrected chi connectivity index (χ2v) is 6.98. The second kappa shape index (κ2) is 6.88. The lowest BCUT2D eigenvalue weighted by Crippen LogP contribution is -2.44. The van der Waals surface area contributed by atoms with Crippen molar-refractivity contribution in [1.82, 2.24) is 14.7 Å². The van der Waals surface area contributed by atoms with Crippen molar-refractivity contribution >= 4 is 5.91 Å². The van der Waals surface area contributed by atoms with Crippen molar-refractivity contribution in [3.8, 4) is 5.69 Å². The molecule has 2 N–H and O–H groups in total. The van der Waals surface area contributed by atoms with Gasteiger partial charge < -0.3 is 10.0 Å². The van der Waals surface area contributed by atoms with Gasteiger partial charge in [-0.25, -0.2) is 4.68 Å². The summed E-state index contributed by atoms with van der Waals surface area (Å²) in [6.07, 6.45) is 2.48. The Morgan fingerprint density at radius 1 is 1.24 bits per heavy atom. The first kappa shape index (κ1) is 17.5. The van der Waals surface area contributed by atoms with Crippen molar-refractivity contribution in [2.24, 2.45) is 5.41 Å². The highest BCUT2D eigenvalue weighted by Gasteiger charge is 2.34. The van der Waals surface area contributed by atoms with Gasteiger partial charge in [-0.05, 0) is 43.7 Å². The lowest BCUT2D eigenvalue weighted by Gasteiger charge is -2.40. The molecule has 1 aliphatic rings. The predicted octanol–water partition coefficient (Wildman–Crippen LogP) is 2.10. The number of hydrogen-bond acceptors (Lipinski definition) is 3. The highest BCUT2D eigenvalue weighted by molar-refractivity contribution is 5.92. The van der Waals surface area contributed by atoms with E-state index in [-0.39, 0.29) is 23.5 Å². The molecule has 3 rings (SSSR count). The minimum atomic E-state index is -0.248. The fraction of sp³-hybridized carbons (Fsp3) is 0.474. The summed E-state index contributed by atoms with van der Waals surface area (Å²) in [7, 11) is 0.